The second-order valence-corrected chi connectivity index (χ2v) is 9.87. The number of nitrogens with one attached hydrogen (secondary N) is 2. The van der Waals surface area contributed by atoms with Crippen molar-refractivity contribution in [2.24, 2.45) is 11.8 Å². The van der Waals surface area contributed by atoms with E-state index in [1.54, 1.807) is 0 Å². The predicted octanol–water partition coefficient (Wildman–Crippen LogP) is 3.27. The highest BCUT2D eigenvalue weighted by atomic mass is 16.6. The first-order valence-corrected chi connectivity index (χ1v) is 11.5. The van der Waals surface area contributed by atoms with E-state index in [-0.39, 0.29) is 24.1 Å². The van der Waals surface area contributed by atoms with Crippen LogP contribution in [0.4, 0.5) is 4.79 Å². The Morgan fingerprint density at radius 1 is 1.07 bits per heavy atom. The highest BCUT2D eigenvalue weighted by Gasteiger charge is 2.39. The fourth-order valence-corrected chi connectivity index (χ4v) is 4.96. The van der Waals surface area contributed by atoms with Crippen LogP contribution < -0.4 is 10.6 Å². The second-order valence-electron chi connectivity index (χ2n) is 9.87. The number of rotatable bonds is 5. The highest BCUT2D eigenvalue weighted by molar-refractivity contribution is 5.87. The summed E-state index contributed by atoms with van der Waals surface area (Å²) in [5.74, 6) is 1.09. The first-order chi connectivity index (χ1) is 13.8. The summed E-state index contributed by atoms with van der Waals surface area (Å²) in [6.45, 7) is 9.39. The summed E-state index contributed by atoms with van der Waals surface area (Å²) in [6.07, 6.45) is 10.9. The minimum Gasteiger partial charge on any atom is -0.444 e. The van der Waals surface area contributed by atoms with Gasteiger partial charge in [0, 0.05) is 25.0 Å². The van der Waals surface area contributed by atoms with Gasteiger partial charge in [-0.15, -0.1) is 0 Å². The first-order valence-electron chi connectivity index (χ1n) is 11.5. The molecule has 2 saturated heterocycles. The smallest absolute Gasteiger partial charge is 0.407 e. The molecule has 164 valence electrons. The van der Waals surface area contributed by atoms with Crippen molar-refractivity contribution in [2.75, 3.05) is 26.2 Å². The molecule has 2 heterocycles. The van der Waals surface area contributed by atoms with Gasteiger partial charge in [-0.1, -0.05) is 12.2 Å². The second kappa shape index (κ2) is 10.1. The van der Waals surface area contributed by atoms with Gasteiger partial charge in [0.2, 0.25) is 0 Å². The molecule has 3 rings (SSSR count). The molecule has 2 unspecified atom stereocenters. The van der Waals surface area contributed by atoms with Crippen LogP contribution in [0.1, 0.15) is 65.7 Å². The van der Waals surface area contributed by atoms with E-state index in [4.69, 9.17) is 4.74 Å². The number of ether oxygens (including phenoxy) is 1. The molecule has 2 fully saturated rings. The molecule has 0 aromatic carbocycles. The van der Waals surface area contributed by atoms with E-state index < -0.39 is 5.60 Å². The molecule has 3 aliphatic rings. The third kappa shape index (κ3) is 6.54. The van der Waals surface area contributed by atoms with Gasteiger partial charge >= 0.3 is 6.09 Å². The van der Waals surface area contributed by atoms with Crippen LogP contribution in [0.2, 0.25) is 0 Å². The van der Waals surface area contributed by atoms with Crippen LogP contribution in [0.15, 0.2) is 12.2 Å². The molecule has 1 amide bonds. The quantitative estimate of drug-likeness (QED) is 0.687. The molecule has 2 N–H and O–H groups in total. The van der Waals surface area contributed by atoms with E-state index in [9.17, 15) is 9.59 Å². The van der Waals surface area contributed by atoms with Gasteiger partial charge in [-0.2, -0.15) is 0 Å². The fourth-order valence-electron chi connectivity index (χ4n) is 4.96. The number of piperidine rings is 2. The predicted molar refractivity (Wildman–Crippen MR) is 115 cm³/mol. The highest BCUT2D eigenvalue weighted by Crippen LogP contribution is 2.30. The summed E-state index contributed by atoms with van der Waals surface area (Å²) >= 11 is 0. The molecule has 2 aliphatic heterocycles. The summed E-state index contributed by atoms with van der Waals surface area (Å²) in [5, 5.41) is 6.45. The lowest BCUT2D eigenvalue weighted by atomic mass is 9.78. The van der Waals surface area contributed by atoms with Crippen LogP contribution in [0.25, 0.3) is 0 Å². The third-order valence-corrected chi connectivity index (χ3v) is 6.44. The van der Waals surface area contributed by atoms with E-state index in [2.05, 4.69) is 27.7 Å². The summed E-state index contributed by atoms with van der Waals surface area (Å²) < 4.78 is 5.40. The number of allylic oxidation sites excluding steroid dienone is 2. The maximum atomic E-state index is 13.5. The van der Waals surface area contributed by atoms with Crippen molar-refractivity contribution in [1.82, 2.24) is 15.5 Å². The number of carbonyl (C=O) groups is 2. The van der Waals surface area contributed by atoms with Gasteiger partial charge in [-0.25, -0.2) is 4.79 Å². The van der Waals surface area contributed by atoms with Crippen molar-refractivity contribution in [2.45, 2.75) is 83.4 Å². The van der Waals surface area contributed by atoms with Crippen molar-refractivity contribution >= 4 is 11.9 Å². The molecule has 0 radical (unpaired) electrons. The first kappa shape index (κ1) is 22.3. The SMILES string of the molecule is CC(C)(C)OC(=O)NC1CCN(C(C(=O)C2CC=CCC2)C2CCNCC2)CC1. The van der Waals surface area contributed by atoms with E-state index in [1.165, 1.54) is 0 Å². The van der Waals surface area contributed by atoms with Gasteiger partial charge in [0.05, 0.1) is 6.04 Å². The Labute approximate surface area is 175 Å². The van der Waals surface area contributed by atoms with Crippen molar-refractivity contribution in [3.05, 3.63) is 12.2 Å². The van der Waals surface area contributed by atoms with Crippen LogP contribution in [0.5, 0.6) is 0 Å². The minimum atomic E-state index is -0.480. The molecular weight excluding hydrogens is 366 g/mol. The molecule has 0 aromatic heterocycles. The number of ketones is 1. The fraction of sp³-hybridized carbons (Fsp3) is 0.826. The van der Waals surface area contributed by atoms with E-state index in [0.717, 1.165) is 71.1 Å². The van der Waals surface area contributed by atoms with Gasteiger partial charge in [0.1, 0.15) is 5.60 Å². The van der Waals surface area contributed by atoms with Crippen molar-refractivity contribution in [1.29, 1.82) is 0 Å². The average molecular weight is 406 g/mol. The number of Topliss-reactive ketones (excluding diaryl/α,β-unsaturated/α-hetero) is 1. The Bertz CT molecular complexity index is 585. The number of hydrogen-bond acceptors (Lipinski definition) is 5. The van der Waals surface area contributed by atoms with Crippen molar-refractivity contribution in [3.8, 4) is 0 Å². The standard InChI is InChI=1S/C23H39N3O3/c1-23(2,3)29-22(28)25-19-11-15-26(16-12-19)20(17-9-13-24-14-10-17)21(27)18-7-5-4-6-8-18/h4-5,17-20,24H,6-16H2,1-3H3,(H,25,28). The minimum absolute atomic E-state index is 0.0380. The normalized spacial score (nSPS) is 26.1. The lowest BCUT2D eigenvalue weighted by molar-refractivity contribution is -0.131. The van der Waals surface area contributed by atoms with Crippen molar-refractivity contribution in [3.63, 3.8) is 0 Å². The zero-order valence-corrected chi connectivity index (χ0v) is 18.4. The summed E-state index contributed by atoms with van der Waals surface area (Å²) in [6, 6.07) is 0.165. The molecule has 0 saturated carbocycles. The van der Waals surface area contributed by atoms with E-state index in [1.807, 2.05) is 20.8 Å². The maximum absolute atomic E-state index is 13.5. The Kier molecular flexibility index (Phi) is 7.74. The van der Waals surface area contributed by atoms with Gasteiger partial charge < -0.3 is 15.4 Å². The zero-order valence-electron chi connectivity index (χ0n) is 18.4. The maximum Gasteiger partial charge on any atom is 0.407 e. The molecule has 29 heavy (non-hydrogen) atoms. The number of hydrogen-bond donors (Lipinski definition) is 2. The third-order valence-electron chi connectivity index (χ3n) is 6.44. The topological polar surface area (TPSA) is 70.7 Å². The van der Waals surface area contributed by atoms with Crippen LogP contribution in [-0.2, 0) is 9.53 Å². The lowest BCUT2D eigenvalue weighted by Crippen LogP contribution is -2.55. The average Bonchev–Trinajstić information content (AvgIpc) is 2.69. The molecule has 6 heteroatoms. The number of likely N-dealkylation sites (tertiary alicyclic amines) is 1. The van der Waals surface area contributed by atoms with E-state index >= 15 is 0 Å². The number of amides is 1. The number of carbonyl (C=O) groups excluding carboxylic acids is 2. The van der Waals surface area contributed by atoms with Crippen LogP contribution in [0.3, 0.4) is 0 Å². The Morgan fingerprint density at radius 3 is 2.34 bits per heavy atom. The summed E-state index contributed by atoms with van der Waals surface area (Å²) in [4.78, 5) is 28.0. The van der Waals surface area contributed by atoms with E-state index in [0.29, 0.717) is 11.7 Å². The molecule has 0 bridgehead atoms. The molecule has 0 aromatic rings. The summed E-state index contributed by atoms with van der Waals surface area (Å²) in [5.41, 5.74) is -0.480. The van der Waals surface area contributed by atoms with Gasteiger partial charge in [0.15, 0.2) is 5.78 Å². The van der Waals surface area contributed by atoms with Crippen molar-refractivity contribution < 1.29 is 14.3 Å². The Hall–Kier alpha value is -1.40. The largest absolute Gasteiger partial charge is 0.444 e. The molecular formula is C23H39N3O3. The molecule has 2 atom stereocenters. The van der Waals surface area contributed by atoms with Crippen LogP contribution in [0, 0.1) is 11.8 Å². The Morgan fingerprint density at radius 2 is 1.76 bits per heavy atom. The van der Waals surface area contributed by atoms with Gasteiger partial charge in [-0.05, 0) is 84.7 Å². The van der Waals surface area contributed by atoms with Gasteiger partial charge in [0.25, 0.3) is 0 Å². The van der Waals surface area contributed by atoms with Crippen LogP contribution in [-0.4, -0.2) is 60.6 Å². The Balaban J connectivity index is 1.59. The van der Waals surface area contributed by atoms with Crippen LogP contribution >= 0.6 is 0 Å². The molecule has 1 aliphatic carbocycles. The summed E-state index contributed by atoms with van der Waals surface area (Å²) in [7, 11) is 0. The lowest BCUT2D eigenvalue weighted by Gasteiger charge is -2.43. The monoisotopic (exact) mass is 405 g/mol. The number of alkyl carbamates (subject to hydrolysis) is 1. The molecule has 0 spiro atoms. The zero-order chi connectivity index (χ0) is 20.9. The number of nitrogens with zero attached hydrogens (tertiary/aromatic N) is 1. The molecule has 6 nitrogen and oxygen atoms in total. The van der Waals surface area contributed by atoms with Gasteiger partial charge in [-0.3, -0.25) is 9.69 Å².